The van der Waals surface area contributed by atoms with Gasteiger partial charge in [-0.05, 0) is 44.2 Å². The molecule has 0 radical (unpaired) electrons. The quantitative estimate of drug-likeness (QED) is 0.598. The molecule has 2 aromatic rings. The van der Waals surface area contributed by atoms with Crippen LogP contribution >= 0.6 is 0 Å². The van der Waals surface area contributed by atoms with Crippen LogP contribution in [0.2, 0.25) is 0 Å². The number of fused-ring (bicyclic) bond motifs is 1. The van der Waals surface area contributed by atoms with Gasteiger partial charge in [-0.25, -0.2) is 14.0 Å². The number of rotatable bonds is 7. The van der Waals surface area contributed by atoms with E-state index in [2.05, 4.69) is 10.1 Å². The van der Waals surface area contributed by atoms with Gasteiger partial charge in [-0.3, -0.25) is 4.90 Å². The fourth-order valence-corrected chi connectivity index (χ4v) is 3.14. The molecule has 1 fully saturated rings. The number of hydrogen-bond acceptors (Lipinski definition) is 6. The molecule has 1 aromatic heterocycles. The number of aryl methyl sites for hydroxylation is 1. The molecule has 0 amide bonds. The van der Waals surface area contributed by atoms with E-state index in [1.54, 1.807) is 6.07 Å². The fourth-order valence-electron chi connectivity index (χ4n) is 3.14. The van der Waals surface area contributed by atoms with Gasteiger partial charge in [0.05, 0.1) is 5.69 Å². The van der Waals surface area contributed by atoms with Crippen LogP contribution in [0.1, 0.15) is 37.8 Å². The molecule has 1 aromatic carbocycles. The molecule has 158 valence electrons. The summed E-state index contributed by atoms with van der Waals surface area (Å²) >= 11 is 0. The molecule has 1 atom stereocenters. The number of carboxylic acids is 2. The molecule has 0 bridgehead atoms. The molecule has 29 heavy (non-hydrogen) atoms. The molecule has 0 saturated carbocycles. The van der Waals surface area contributed by atoms with Crippen molar-refractivity contribution < 1.29 is 33.8 Å². The Morgan fingerprint density at radius 3 is 2.45 bits per heavy atom. The number of aliphatic carboxylic acids is 2. The average molecular weight is 408 g/mol. The topological polar surface area (TPSA) is 124 Å². The third kappa shape index (κ3) is 7.63. The Bertz CT molecular complexity index is 829. The van der Waals surface area contributed by atoms with Crippen LogP contribution in [-0.2, 0) is 16.0 Å². The van der Waals surface area contributed by atoms with Gasteiger partial charge >= 0.3 is 11.9 Å². The van der Waals surface area contributed by atoms with Crippen molar-refractivity contribution in [3.8, 4) is 0 Å². The Hall–Kier alpha value is -2.78. The van der Waals surface area contributed by atoms with E-state index >= 15 is 0 Å². The highest BCUT2D eigenvalue weighted by Crippen LogP contribution is 2.21. The Morgan fingerprint density at radius 2 is 1.83 bits per heavy atom. The number of benzene rings is 1. The van der Waals surface area contributed by atoms with Gasteiger partial charge in [0.2, 0.25) is 0 Å². The van der Waals surface area contributed by atoms with E-state index < -0.39 is 11.9 Å². The second-order valence-corrected chi connectivity index (χ2v) is 6.75. The van der Waals surface area contributed by atoms with Crippen molar-refractivity contribution in [2.45, 2.75) is 44.8 Å². The zero-order valence-corrected chi connectivity index (χ0v) is 16.0. The van der Waals surface area contributed by atoms with Crippen LogP contribution in [0.15, 0.2) is 34.9 Å². The molecule has 8 nitrogen and oxygen atoms in total. The number of likely N-dealkylation sites (tertiary alicyclic amines) is 1. The summed E-state index contributed by atoms with van der Waals surface area (Å²) in [4.78, 5) is 21.3. The first-order valence-corrected chi connectivity index (χ1v) is 9.46. The molecule has 1 aliphatic rings. The zero-order valence-electron chi connectivity index (χ0n) is 16.0. The number of halogens is 1. The zero-order chi connectivity index (χ0) is 21.2. The smallest absolute Gasteiger partial charge is 0.328 e. The third-order valence-electron chi connectivity index (χ3n) is 4.57. The summed E-state index contributed by atoms with van der Waals surface area (Å²) in [5.41, 5.74) is 1.33. The van der Waals surface area contributed by atoms with Gasteiger partial charge in [0, 0.05) is 36.7 Å². The van der Waals surface area contributed by atoms with Crippen molar-refractivity contribution in [2.24, 2.45) is 0 Å². The van der Waals surface area contributed by atoms with E-state index in [-0.39, 0.29) is 12.0 Å². The van der Waals surface area contributed by atoms with Crippen molar-refractivity contribution in [3.63, 3.8) is 0 Å². The summed E-state index contributed by atoms with van der Waals surface area (Å²) < 4.78 is 18.2. The van der Waals surface area contributed by atoms with Crippen LogP contribution in [0.4, 0.5) is 4.39 Å². The lowest BCUT2D eigenvalue weighted by Gasteiger charge is -2.31. The summed E-state index contributed by atoms with van der Waals surface area (Å²) in [5, 5.41) is 30.7. The predicted molar refractivity (Wildman–Crippen MR) is 103 cm³/mol. The standard InChI is InChI=1S/C16H21FN2O2.C4H4O4/c17-12-7-8-13-14(18-21-15(13)11-12)5-4-6-16(20)19-9-2-1-3-10-19;5-3(6)1-2-4(7)8/h7-8,11,16,20H,1-6,9-10H2;1-2H,(H,5,6)(H,7,8). The highest BCUT2D eigenvalue weighted by Gasteiger charge is 2.18. The molecule has 0 spiro atoms. The Labute approximate surface area is 167 Å². The largest absolute Gasteiger partial charge is 0.478 e. The number of piperidine rings is 1. The SMILES string of the molecule is O=C(O)C=CC(=O)O.OC(CCCc1noc2cc(F)ccc12)N1CCCCC1. The summed E-state index contributed by atoms with van der Waals surface area (Å²) in [6.45, 7) is 1.99. The van der Waals surface area contributed by atoms with Gasteiger partial charge in [-0.1, -0.05) is 11.6 Å². The average Bonchev–Trinajstić information content (AvgIpc) is 3.09. The second-order valence-electron chi connectivity index (χ2n) is 6.75. The van der Waals surface area contributed by atoms with Crippen LogP contribution in [0.3, 0.4) is 0 Å². The molecule has 1 aliphatic heterocycles. The summed E-state index contributed by atoms with van der Waals surface area (Å²) in [6.07, 6.45) is 6.69. The fraction of sp³-hybridized carbons (Fsp3) is 0.450. The van der Waals surface area contributed by atoms with Crippen LogP contribution in [0.5, 0.6) is 0 Å². The summed E-state index contributed by atoms with van der Waals surface area (Å²) in [6, 6.07) is 4.48. The first-order chi connectivity index (χ1) is 13.9. The van der Waals surface area contributed by atoms with Gasteiger partial charge in [-0.2, -0.15) is 0 Å². The van der Waals surface area contributed by atoms with Crippen molar-refractivity contribution in [1.82, 2.24) is 10.1 Å². The molecular formula is C20H25FN2O6. The second kappa shape index (κ2) is 11.3. The normalized spacial score (nSPS) is 15.8. The van der Waals surface area contributed by atoms with E-state index in [1.165, 1.54) is 31.4 Å². The minimum atomic E-state index is -1.26. The highest BCUT2D eigenvalue weighted by molar-refractivity contribution is 5.89. The molecule has 1 unspecified atom stereocenters. The van der Waals surface area contributed by atoms with Crippen molar-refractivity contribution in [3.05, 3.63) is 41.9 Å². The number of aliphatic hydroxyl groups is 1. The van der Waals surface area contributed by atoms with Crippen LogP contribution in [0.25, 0.3) is 11.0 Å². The molecule has 1 saturated heterocycles. The van der Waals surface area contributed by atoms with Crippen LogP contribution in [-0.4, -0.2) is 56.6 Å². The predicted octanol–water partition coefficient (Wildman–Crippen LogP) is 2.81. The lowest BCUT2D eigenvalue weighted by molar-refractivity contribution is -0.134. The number of aliphatic hydroxyl groups excluding tert-OH is 1. The Kier molecular flexibility index (Phi) is 8.75. The van der Waals surface area contributed by atoms with E-state index in [0.29, 0.717) is 17.7 Å². The number of aromatic nitrogens is 1. The first kappa shape index (κ1) is 22.5. The maximum Gasteiger partial charge on any atom is 0.328 e. The van der Waals surface area contributed by atoms with Gasteiger partial charge in [0.1, 0.15) is 12.0 Å². The summed E-state index contributed by atoms with van der Waals surface area (Å²) in [7, 11) is 0. The minimum absolute atomic E-state index is 0.314. The van der Waals surface area contributed by atoms with Crippen molar-refractivity contribution in [2.75, 3.05) is 13.1 Å². The number of nitrogens with zero attached hydrogens (tertiary/aromatic N) is 2. The monoisotopic (exact) mass is 408 g/mol. The van der Waals surface area contributed by atoms with E-state index in [9.17, 15) is 19.1 Å². The maximum absolute atomic E-state index is 13.1. The molecule has 3 N–H and O–H groups in total. The third-order valence-corrected chi connectivity index (χ3v) is 4.57. The lowest BCUT2D eigenvalue weighted by atomic mass is 10.1. The number of carboxylic acid groups (broad SMARTS) is 2. The van der Waals surface area contributed by atoms with Crippen LogP contribution in [0, 0.1) is 5.82 Å². The highest BCUT2D eigenvalue weighted by atomic mass is 19.1. The molecular weight excluding hydrogens is 383 g/mol. The van der Waals surface area contributed by atoms with Crippen molar-refractivity contribution in [1.29, 1.82) is 0 Å². The van der Waals surface area contributed by atoms with Crippen LogP contribution < -0.4 is 0 Å². The molecule has 0 aliphatic carbocycles. The van der Waals surface area contributed by atoms with Gasteiger partial charge in [0.15, 0.2) is 5.58 Å². The number of hydrogen-bond donors (Lipinski definition) is 3. The number of carbonyl (C=O) groups is 2. The summed E-state index contributed by atoms with van der Waals surface area (Å²) in [5.74, 6) is -2.83. The molecule has 9 heteroatoms. The lowest BCUT2D eigenvalue weighted by Crippen LogP contribution is -2.39. The van der Waals surface area contributed by atoms with E-state index in [4.69, 9.17) is 14.7 Å². The van der Waals surface area contributed by atoms with E-state index in [0.717, 1.165) is 43.4 Å². The van der Waals surface area contributed by atoms with Gasteiger partial charge in [-0.15, -0.1) is 0 Å². The Balaban J connectivity index is 0.000000321. The molecule has 2 heterocycles. The first-order valence-electron chi connectivity index (χ1n) is 9.46. The Morgan fingerprint density at radius 1 is 1.17 bits per heavy atom. The molecule has 3 rings (SSSR count). The maximum atomic E-state index is 13.1. The van der Waals surface area contributed by atoms with E-state index in [1.807, 2.05) is 0 Å². The van der Waals surface area contributed by atoms with Crippen molar-refractivity contribution >= 4 is 22.9 Å². The van der Waals surface area contributed by atoms with Gasteiger partial charge < -0.3 is 19.8 Å². The van der Waals surface area contributed by atoms with Gasteiger partial charge in [0.25, 0.3) is 0 Å². The minimum Gasteiger partial charge on any atom is -0.478 e.